The summed E-state index contributed by atoms with van der Waals surface area (Å²) in [4.78, 5) is 20.0. The Labute approximate surface area is 201 Å². The summed E-state index contributed by atoms with van der Waals surface area (Å²) in [6, 6.07) is 5.74. The van der Waals surface area contributed by atoms with E-state index < -0.39 is 0 Å². The number of likely N-dealkylation sites (tertiary alicyclic amines) is 1. The Morgan fingerprint density at radius 2 is 2.00 bits per heavy atom. The standard InChI is InChI=1S/C25H34N6OS/c1-18-13-21(29-22-16-32-17-22)7-12-31(18)24-14-19(2)33-25(27-9-8-26-24)20-5-6-23(28-15-20)30-10-3-4-11-30/h5-6,8,14-15,18,21-22,29H,2-4,7,9-13,16-17H2,1H3/b24-14+,26-8-,27-25?. The first kappa shape index (κ1) is 22.6. The number of ether oxygens (including phenoxy) is 1. The van der Waals surface area contributed by atoms with Gasteiger partial charge in [-0.2, -0.15) is 0 Å². The van der Waals surface area contributed by atoms with Gasteiger partial charge in [-0.3, -0.25) is 4.99 Å². The topological polar surface area (TPSA) is 65.3 Å². The van der Waals surface area contributed by atoms with Crippen molar-refractivity contribution in [3.05, 3.63) is 47.3 Å². The predicted octanol–water partition coefficient (Wildman–Crippen LogP) is 3.44. The summed E-state index contributed by atoms with van der Waals surface area (Å²) in [6.07, 6.45) is 10.7. The van der Waals surface area contributed by atoms with Gasteiger partial charge in [0.2, 0.25) is 0 Å². The van der Waals surface area contributed by atoms with Gasteiger partial charge in [0.25, 0.3) is 0 Å². The van der Waals surface area contributed by atoms with Crippen LogP contribution in [0, 0.1) is 0 Å². The number of hydrogen-bond donors (Lipinski definition) is 1. The lowest BCUT2D eigenvalue weighted by molar-refractivity contribution is -0.0147. The van der Waals surface area contributed by atoms with Gasteiger partial charge in [0.05, 0.1) is 25.8 Å². The number of hydrogen-bond acceptors (Lipinski definition) is 8. The van der Waals surface area contributed by atoms with E-state index in [2.05, 4.69) is 46.8 Å². The molecule has 0 amide bonds. The molecule has 3 saturated heterocycles. The molecule has 1 N–H and O–H groups in total. The summed E-state index contributed by atoms with van der Waals surface area (Å²) in [5.41, 5.74) is 1.04. The van der Waals surface area contributed by atoms with Crippen molar-refractivity contribution >= 4 is 28.8 Å². The smallest absolute Gasteiger partial charge is 0.129 e. The van der Waals surface area contributed by atoms with Gasteiger partial charge in [-0.25, -0.2) is 9.98 Å². The van der Waals surface area contributed by atoms with Crippen LogP contribution in [0.4, 0.5) is 5.82 Å². The summed E-state index contributed by atoms with van der Waals surface area (Å²) in [7, 11) is 0. The van der Waals surface area contributed by atoms with Crippen molar-refractivity contribution < 1.29 is 4.74 Å². The molecule has 33 heavy (non-hydrogen) atoms. The van der Waals surface area contributed by atoms with Gasteiger partial charge in [0.1, 0.15) is 16.7 Å². The van der Waals surface area contributed by atoms with Crippen LogP contribution in [0.2, 0.25) is 0 Å². The van der Waals surface area contributed by atoms with Crippen molar-refractivity contribution in [2.45, 2.75) is 50.7 Å². The molecule has 1 aromatic heterocycles. The maximum Gasteiger partial charge on any atom is 0.129 e. The van der Waals surface area contributed by atoms with Gasteiger partial charge < -0.3 is 19.9 Å². The molecule has 8 heteroatoms. The molecule has 176 valence electrons. The highest BCUT2D eigenvalue weighted by molar-refractivity contribution is 8.17. The van der Waals surface area contributed by atoms with Crippen molar-refractivity contribution in [2.24, 2.45) is 9.98 Å². The van der Waals surface area contributed by atoms with E-state index in [1.54, 1.807) is 11.8 Å². The van der Waals surface area contributed by atoms with Crippen LogP contribution >= 0.6 is 11.8 Å². The van der Waals surface area contributed by atoms with Gasteiger partial charge in [-0.15, -0.1) is 0 Å². The van der Waals surface area contributed by atoms with E-state index in [4.69, 9.17) is 19.7 Å². The van der Waals surface area contributed by atoms with Gasteiger partial charge >= 0.3 is 0 Å². The molecule has 0 aliphatic carbocycles. The number of thioether (sulfide) groups is 1. The van der Waals surface area contributed by atoms with Crippen LogP contribution in [0.15, 0.2) is 51.7 Å². The minimum absolute atomic E-state index is 0.418. The highest BCUT2D eigenvalue weighted by Crippen LogP contribution is 2.29. The Morgan fingerprint density at radius 3 is 2.70 bits per heavy atom. The fourth-order valence-electron chi connectivity index (χ4n) is 4.91. The summed E-state index contributed by atoms with van der Waals surface area (Å²) < 4.78 is 5.31. The molecule has 0 aromatic carbocycles. The van der Waals surface area contributed by atoms with Crippen LogP contribution < -0.4 is 10.2 Å². The van der Waals surface area contributed by atoms with Crippen LogP contribution in [0.5, 0.6) is 0 Å². The van der Waals surface area contributed by atoms with Crippen LogP contribution in [-0.2, 0) is 4.74 Å². The SMILES string of the molecule is C=C1/C=C(N2CCC(NC3COC3)CC2C)\N=C/CN=C(c2ccc(N3CCCC3)nc2)S1. The van der Waals surface area contributed by atoms with Crippen molar-refractivity contribution in [1.82, 2.24) is 15.2 Å². The fraction of sp³-hybridized carbons (Fsp3) is 0.560. The second kappa shape index (κ2) is 10.4. The second-order valence-electron chi connectivity index (χ2n) is 9.29. The molecule has 4 aliphatic heterocycles. The molecule has 0 saturated carbocycles. The van der Waals surface area contributed by atoms with Crippen molar-refractivity contribution in [1.29, 1.82) is 0 Å². The first-order valence-corrected chi connectivity index (χ1v) is 12.9. The molecular weight excluding hydrogens is 432 g/mol. The minimum Gasteiger partial charge on any atom is -0.378 e. The molecule has 0 spiro atoms. The fourth-order valence-corrected chi connectivity index (χ4v) is 5.70. The number of anilines is 1. The average molecular weight is 467 g/mol. The molecule has 4 aliphatic rings. The highest BCUT2D eigenvalue weighted by Gasteiger charge is 2.30. The Bertz CT molecular complexity index is 933. The first-order chi connectivity index (χ1) is 16.2. The van der Waals surface area contributed by atoms with E-state index in [9.17, 15) is 0 Å². The normalized spacial score (nSPS) is 29.4. The zero-order valence-corrected chi connectivity index (χ0v) is 20.3. The maximum atomic E-state index is 5.31. The molecule has 1 aromatic rings. The van der Waals surface area contributed by atoms with Gasteiger partial charge in [-0.1, -0.05) is 18.3 Å². The third kappa shape index (κ3) is 5.50. The van der Waals surface area contributed by atoms with E-state index in [1.807, 2.05) is 12.4 Å². The molecule has 0 radical (unpaired) electrons. The largest absolute Gasteiger partial charge is 0.378 e. The number of nitrogens with one attached hydrogen (secondary N) is 1. The molecule has 7 nitrogen and oxygen atoms in total. The molecule has 2 atom stereocenters. The number of aliphatic imine (C=N–C) groups is 2. The number of pyridine rings is 1. The van der Waals surface area contributed by atoms with Crippen LogP contribution in [0.3, 0.4) is 0 Å². The summed E-state index contributed by atoms with van der Waals surface area (Å²) >= 11 is 1.61. The monoisotopic (exact) mass is 466 g/mol. The Balaban J connectivity index is 1.23. The number of piperidine rings is 1. The van der Waals surface area contributed by atoms with Crippen molar-refractivity contribution in [2.75, 3.05) is 44.3 Å². The zero-order valence-electron chi connectivity index (χ0n) is 19.4. The third-order valence-corrected chi connectivity index (χ3v) is 7.70. The van der Waals surface area contributed by atoms with Crippen LogP contribution in [0.1, 0.15) is 38.2 Å². The van der Waals surface area contributed by atoms with Gasteiger partial charge in [-0.05, 0) is 50.8 Å². The molecule has 5 heterocycles. The summed E-state index contributed by atoms with van der Waals surface area (Å²) in [5, 5.41) is 4.68. The Hall–Kier alpha value is -2.16. The maximum absolute atomic E-state index is 5.31. The lowest BCUT2D eigenvalue weighted by atomic mass is 9.97. The Morgan fingerprint density at radius 1 is 1.15 bits per heavy atom. The molecule has 5 rings (SSSR count). The lowest BCUT2D eigenvalue weighted by Crippen LogP contribution is -2.54. The molecular formula is C25H34N6OS. The molecule has 2 unspecified atom stereocenters. The highest BCUT2D eigenvalue weighted by atomic mass is 32.2. The lowest BCUT2D eigenvalue weighted by Gasteiger charge is -2.41. The number of aromatic nitrogens is 1. The first-order valence-electron chi connectivity index (χ1n) is 12.1. The van der Waals surface area contributed by atoms with E-state index in [-0.39, 0.29) is 0 Å². The quantitative estimate of drug-likeness (QED) is 0.717. The minimum atomic E-state index is 0.418. The van der Waals surface area contributed by atoms with Gasteiger partial charge in [0, 0.05) is 54.6 Å². The second-order valence-corrected chi connectivity index (χ2v) is 10.4. The summed E-state index contributed by atoms with van der Waals surface area (Å²) in [5.74, 6) is 2.05. The van der Waals surface area contributed by atoms with Crippen LogP contribution in [-0.4, -0.2) is 78.7 Å². The zero-order chi connectivity index (χ0) is 22.6. The summed E-state index contributed by atoms with van der Waals surface area (Å²) in [6.45, 7) is 12.0. The van der Waals surface area contributed by atoms with Crippen molar-refractivity contribution in [3.63, 3.8) is 0 Å². The third-order valence-electron chi connectivity index (χ3n) is 6.76. The van der Waals surface area contributed by atoms with E-state index in [0.29, 0.717) is 24.7 Å². The van der Waals surface area contributed by atoms with E-state index in [0.717, 1.165) is 72.8 Å². The number of allylic oxidation sites excluding steroid dienone is 1. The molecule has 0 bridgehead atoms. The van der Waals surface area contributed by atoms with Gasteiger partial charge in [0.15, 0.2) is 0 Å². The Kier molecular flexibility index (Phi) is 7.13. The predicted molar refractivity (Wildman–Crippen MR) is 137 cm³/mol. The number of rotatable bonds is 5. The molecule has 3 fully saturated rings. The van der Waals surface area contributed by atoms with Crippen LogP contribution in [0.25, 0.3) is 0 Å². The van der Waals surface area contributed by atoms with E-state index in [1.165, 1.54) is 12.8 Å². The number of nitrogens with zero attached hydrogens (tertiary/aromatic N) is 5. The van der Waals surface area contributed by atoms with Crippen molar-refractivity contribution in [3.8, 4) is 0 Å². The average Bonchev–Trinajstić information content (AvgIpc) is 3.34. The van der Waals surface area contributed by atoms with E-state index >= 15 is 0 Å².